The molecular weight excluding hydrogens is 361 g/mol. The molecule has 5 nitrogen and oxygen atoms in total. The summed E-state index contributed by atoms with van der Waals surface area (Å²) in [5, 5.41) is 3.44. The first kappa shape index (κ1) is 17.1. The summed E-state index contributed by atoms with van der Waals surface area (Å²) in [5.41, 5.74) is 7.21. The van der Waals surface area contributed by atoms with E-state index >= 15 is 0 Å². The van der Waals surface area contributed by atoms with Gasteiger partial charge < -0.3 is 15.8 Å². The smallest absolute Gasteiger partial charge is 0.255 e. The molecule has 0 aliphatic carbocycles. The van der Waals surface area contributed by atoms with Gasteiger partial charge in [0.2, 0.25) is 5.88 Å². The minimum atomic E-state index is -0.312. The number of amides is 1. The molecule has 2 aromatic carbocycles. The first-order valence-corrected chi connectivity index (χ1v) is 8.03. The lowest BCUT2D eigenvalue weighted by Gasteiger charge is -2.08. The predicted molar refractivity (Wildman–Crippen MR) is 99.6 cm³/mol. The van der Waals surface area contributed by atoms with E-state index in [2.05, 4.69) is 10.3 Å². The van der Waals surface area contributed by atoms with Crippen molar-refractivity contribution in [2.75, 3.05) is 11.1 Å². The van der Waals surface area contributed by atoms with Gasteiger partial charge in [0.25, 0.3) is 5.91 Å². The van der Waals surface area contributed by atoms with E-state index in [0.717, 1.165) is 0 Å². The number of aromatic nitrogens is 1. The summed E-state index contributed by atoms with van der Waals surface area (Å²) in [6.07, 6.45) is 1.50. The minimum absolute atomic E-state index is 0.312. The molecule has 0 saturated carbocycles. The van der Waals surface area contributed by atoms with Crippen LogP contribution < -0.4 is 15.8 Å². The molecule has 1 amide bonds. The summed E-state index contributed by atoms with van der Waals surface area (Å²) < 4.78 is 5.60. The summed E-state index contributed by atoms with van der Waals surface area (Å²) in [6, 6.07) is 15.0. The first-order chi connectivity index (χ1) is 12.0. The fraction of sp³-hybridized carbons (Fsp3) is 0. The number of nitrogen functional groups attached to an aromatic ring is 1. The van der Waals surface area contributed by atoms with E-state index in [1.54, 1.807) is 48.5 Å². The van der Waals surface area contributed by atoms with Crippen molar-refractivity contribution < 1.29 is 9.53 Å². The molecule has 0 spiro atoms. The third-order valence-electron chi connectivity index (χ3n) is 3.28. The summed E-state index contributed by atoms with van der Waals surface area (Å²) >= 11 is 11.8. The van der Waals surface area contributed by atoms with Gasteiger partial charge in [-0.15, -0.1) is 0 Å². The fourth-order valence-electron chi connectivity index (χ4n) is 2.01. The number of hydrogen-bond acceptors (Lipinski definition) is 4. The Kier molecular flexibility index (Phi) is 5.07. The highest BCUT2D eigenvalue weighted by atomic mass is 35.5. The summed E-state index contributed by atoms with van der Waals surface area (Å²) in [6.45, 7) is 0. The van der Waals surface area contributed by atoms with Crippen LogP contribution in [-0.4, -0.2) is 10.9 Å². The number of ether oxygens (including phenoxy) is 1. The Morgan fingerprint density at radius 1 is 1.00 bits per heavy atom. The van der Waals surface area contributed by atoms with Crippen LogP contribution in [-0.2, 0) is 0 Å². The summed E-state index contributed by atoms with van der Waals surface area (Å²) in [4.78, 5) is 16.4. The van der Waals surface area contributed by atoms with Crippen LogP contribution in [0, 0.1) is 0 Å². The number of carbonyl (C=O) groups excluding carboxylic acids is 1. The van der Waals surface area contributed by atoms with Crippen LogP contribution in [0.15, 0.2) is 60.8 Å². The highest BCUT2D eigenvalue weighted by Gasteiger charge is 2.09. The molecule has 3 aromatic rings. The molecule has 3 N–H and O–H groups in total. The van der Waals surface area contributed by atoms with Crippen molar-refractivity contribution in [3.8, 4) is 11.6 Å². The number of rotatable bonds is 4. The summed E-state index contributed by atoms with van der Waals surface area (Å²) in [5.74, 6) is 0.708. The van der Waals surface area contributed by atoms with Crippen LogP contribution in [0.5, 0.6) is 11.6 Å². The Morgan fingerprint density at radius 2 is 1.76 bits per heavy atom. The Bertz CT molecular complexity index is 897. The van der Waals surface area contributed by atoms with Crippen molar-refractivity contribution in [1.82, 2.24) is 4.98 Å². The van der Waals surface area contributed by atoms with Crippen LogP contribution in [0.4, 0.5) is 11.4 Å². The fourth-order valence-corrected chi connectivity index (χ4v) is 2.31. The highest BCUT2D eigenvalue weighted by Crippen LogP contribution is 2.24. The molecule has 0 aliphatic heterocycles. The van der Waals surface area contributed by atoms with Gasteiger partial charge in [-0.1, -0.05) is 23.2 Å². The standard InChI is InChI=1S/C18H13Cl2N3O2/c19-15-7-1-11(9-16(15)20)18(24)23-13-4-8-17(22-10-13)25-14-5-2-12(21)3-6-14/h1-10H,21H2,(H,23,24). The van der Waals surface area contributed by atoms with E-state index in [-0.39, 0.29) is 5.91 Å². The van der Waals surface area contributed by atoms with Gasteiger partial charge in [-0.3, -0.25) is 4.79 Å². The normalized spacial score (nSPS) is 10.3. The van der Waals surface area contributed by atoms with Crippen LogP contribution >= 0.6 is 23.2 Å². The zero-order chi connectivity index (χ0) is 17.8. The Morgan fingerprint density at radius 3 is 2.40 bits per heavy atom. The van der Waals surface area contributed by atoms with E-state index < -0.39 is 0 Å². The molecule has 0 atom stereocenters. The van der Waals surface area contributed by atoms with E-state index in [0.29, 0.717) is 38.6 Å². The number of pyridine rings is 1. The summed E-state index contributed by atoms with van der Waals surface area (Å²) in [7, 11) is 0. The largest absolute Gasteiger partial charge is 0.439 e. The van der Waals surface area contributed by atoms with Gasteiger partial charge in [0.15, 0.2) is 0 Å². The lowest BCUT2D eigenvalue weighted by Crippen LogP contribution is -2.12. The Hall–Kier alpha value is -2.76. The number of anilines is 2. The number of hydrogen-bond donors (Lipinski definition) is 2. The number of nitrogens with zero attached hydrogens (tertiary/aromatic N) is 1. The number of nitrogens with two attached hydrogens (primary N) is 1. The number of halogens is 2. The van der Waals surface area contributed by atoms with Crippen LogP contribution in [0.3, 0.4) is 0 Å². The van der Waals surface area contributed by atoms with Crippen molar-refractivity contribution >= 4 is 40.5 Å². The monoisotopic (exact) mass is 373 g/mol. The lowest BCUT2D eigenvalue weighted by atomic mass is 10.2. The molecule has 3 rings (SSSR count). The van der Waals surface area contributed by atoms with Crippen molar-refractivity contribution in [3.05, 3.63) is 76.4 Å². The molecule has 0 saturated heterocycles. The molecule has 0 unspecified atom stereocenters. The minimum Gasteiger partial charge on any atom is -0.439 e. The van der Waals surface area contributed by atoms with Crippen LogP contribution in [0.1, 0.15) is 10.4 Å². The van der Waals surface area contributed by atoms with Crippen molar-refractivity contribution in [1.29, 1.82) is 0 Å². The van der Waals surface area contributed by atoms with Gasteiger partial charge in [0.05, 0.1) is 21.9 Å². The van der Waals surface area contributed by atoms with Gasteiger partial charge in [0.1, 0.15) is 5.75 Å². The van der Waals surface area contributed by atoms with E-state index in [1.807, 2.05) is 0 Å². The Labute approximate surface area is 154 Å². The SMILES string of the molecule is Nc1ccc(Oc2ccc(NC(=O)c3ccc(Cl)c(Cl)c3)cn2)cc1. The molecule has 0 fully saturated rings. The predicted octanol–water partition coefficient (Wildman–Crippen LogP) is 5.02. The van der Waals surface area contributed by atoms with Gasteiger partial charge in [-0.25, -0.2) is 4.98 Å². The molecule has 1 aromatic heterocycles. The second-order valence-electron chi connectivity index (χ2n) is 5.14. The third kappa shape index (κ3) is 4.41. The van der Waals surface area contributed by atoms with Gasteiger partial charge in [-0.05, 0) is 48.5 Å². The van der Waals surface area contributed by atoms with Crippen LogP contribution in [0.2, 0.25) is 10.0 Å². The maximum absolute atomic E-state index is 12.2. The van der Waals surface area contributed by atoms with E-state index in [4.69, 9.17) is 33.7 Å². The second kappa shape index (κ2) is 7.42. The molecule has 7 heteroatoms. The van der Waals surface area contributed by atoms with Crippen molar-refractivity contribution in [2.45, 2.75) is 0 Å². The second-order valence-corrected chi connectivity index (χ2v) is 5.95. The quantitative estimate of drug-likeness (QED) is 0.629. The van der Waals surface area contributed by atoms with E-state index in [1.165, 1.54) is 12.3 Å². The molecule has 0 bridgehead atoms. The van der Waals surface area contributed by atoms with Gasteiger partial charge in [-0.2, -0.15) is 0 Å². The molecule has 1 heterocycles. The average Bonchev–Trinajstić information content (AvgIpc) is 2.61. The maximum atomic E-state index is 12.2. The molecule has 0 radical (unpaired) electrons. The number of benzene rings is 2. The molecule has 25 heavy (non-hydrogen) atoms. The first-order valence-electron chi connectivity index (χ1n) is 7.27. The molecule has 0 aliphatic rings. The topological polar surface area (TPSA) is 77.2 Å². The van der Waals surface area contributed by atoms with Gasteiger partial charge in [0, 0.05) is 17.3 Å². The zero-order valence-corrected chi connectivity index (χ0v) is 14.4. The van der Waals surface area contributed by atoms with E-state index in [9.17, 15) is 4.79 Å². The molecular formula is C18H13Cl2N3O2. The maximum Gasteiger partial charge on any atom is 0.255 e. The average molecular weight is 374 g/mol. The number of nitrogens with one attached hydrogen (secondary N) is 1. The van der Waals surface area contributed by atoms with Crippen molar-refractivity contribution in [3.63, 3.8) is 0 Å². The van der Waals surface area contributed by atoms with Gasteiger partial charge >= 0.3 is 0 Å². The molecule has 126 valence electrons. The highest BCUT2D eigenvalue weighted by molar-refractivity contribution is 6.42. The Balaban J connectivity index is 1.66. The number of carbonyl (C=O) groups is 1. The zero-order valence-electron chi connectivity index (χ0n) is 12.9. The van der Waals surface area contributed by atoms with Crippen molar-refractivity contribution in [2.24, 2.45) is 0 Å². The lowest BCUT2D eigenvalue weighted by molar-refractivity contribution is 0.102. The third-order valence-corrected chi connectivity index (χ3v) is 4.02. The van der Waals surface area contributed by atoms with Crippen LogP contribution in [0.25, 0.3) is 0 Å².